The molecule has 144 valence electrons. The fourth-order valence-electron chi connectivity index (χ4n) is 2.94. The Morgan fingerprint density at radius 1 is 1.15 bits per heavy atom. The first-order valence-corrected chi connectivity index (χ1v) is 9.80. The molecule has 3 rings (SSSR count). The van der Waals surface area contributed by atoms with Gasteiger partial charge in [0.25, 0.3) is 5.91 Å². The smallest absolute Gasteiger partial charge is 0.409 e. The Balaban J connectivity index is 1.68. The summed E-state index contributed by atoms with van der Waals surface area (Å²) in [6.45, 7) is 5.97. The molecule has 7 nitrogen and oxygen atoms in total. The van der Waals surface area contributed by atoms with Crippen molar-refractivity contribution in [2.75, 3.05) is 44.7 Å². The third-order valence-corrected chi connectivity index (χ3v) is 5.72. The molecule has 27 heavy (non-hydrogen) atoms. The molecule has 8 heteroatoms. The standard InChI is InChI=1S/C19H24N4O3S/c1-4-26-19(25)23-12-10-22(11-13-23)17(24)16-14(2)20-18(27-16)21(3)15-8-6-5-7-9-15/h5-9H,4,10-13H2,1-3H3. The third kappa shape index (κ3) is 4.21. The Labute approximate surface area is 163 Å². The van der Waals surface area contributed by atoms with E-state index in [0.29, 0.717) is 37.7 Å². The van der Waals surface area contributed by atoms with Gasteiger partial charge in [-0.1, -0.05) is 29.5 Å². The molecule has 1 aromatic heterocycles. The second-order valence-electron chi connectivity index (χ2n) is 6.28. The molecule has 0 N–H and O–H groups in total. The van der Waals surface area contributed by atoms with Crippen LogP contribution in [-0.2, 0) is 4.74 Å². The van der Waals surface area contributed by atoms with Crippen LogP contribution in [0.2, 0.25) is 0 Å². The highest BCUT2D eigenvalue weighted by Crippen LogP contribution is 2.31. The first-order chi connectivity index (χ1) is 13.0. The van der Waals surface area contributed by atoms with Crippen molar-refractivity contribution >= 4 is 34.2 Å². The average Bonchev–Trinajstić information content (AvgIpc) is 3.09. The second-order valence-corrected chi connectivity index (χ2v) is 7.26. The van der Waals surface area contributed by atoms with Gasteiger partial charge in [-0.25, -0.2) is 9.78 Å². The van der Waals surface area contributed by atoms with Gasteiger partial charge in [0.2, 0.25) is 0 Å². The summed E-state index contributed by atoms with van der Waals surface area (Å²) in [7, 11) is 1.94. The van der Waals surface area contributed by atoms with E-state index >= 15 is 0 Å². The highest BCUT2D eigenvalue weighted by Gasteiger charge is 2.28. The van der Waals surface area contributed by atoms with Crippen LogP contribution in [-0.4, -0.2) is 66.6 Å². The van der Waals surface area contributed by atoms with Crippen molar-refractivity contribution in [2.45, 2.75) is 13.8 Å². The van der Waals surface area contributed by atoms with Crippen LogP contribution in [0, 0.1) is 6.92 Å². The SMILES string of the molecule is CCOC(=O)N1CCN(C(=O)c2sc(N(C)c3ccccc3)nc2C)CC1. The summed E-state index contributed by atoms with van der Waals surface area (Å²) in [4.78, 5) is 35.4. The largest absolute Gasteiger partial charge is 0.450 e. The number of carbonyl (C=O) groups excluding carboxylic acids is 2. The Morgan fingerprint density at radius 3 is 2.41 bits per heavy atom. The summed E-state index contributed by atoms with van der Waals surface area (Å²) in [6.07, 6.45) is -0.314. The van der Waals surface area contributed by atoms with Gasteiger partial charge in [-0.15, -0.1) is 0 Å². The zero-order valence-electron chi connectivity index (χ0n) is 15.8. The molecule has 0 spiro atoms. The maximum absolute atomic E-state index is 12.9. The molecule has 2 heterocycles. The molecular formula is C19H24N4O3S. The summed E-state index contributed by atoms with van der Waals surface area (Å²) in [6, 6.07) is 9.93. The van der Waals surface area contributed by atoms with E-state index in [0.717, 1.165) is 16.5 Å². The average molecular weight is 388 g/mol. The maximum atomic E-state index is 12.9. The Hall–Kier alpha value is -2.61. The number of anilines is 2. The number of rotatable bonds is 4. The van der Waals surface area contributed by atoms with Crippen molar-refractivity contribution in [2.24, 2.45) is 0 Å². The summed E-state index contributed by atoms with van der Waals surface area (Å²) >= 11 is 1.40. The predicted octanol–water partition coefficient (Wildman–Crippen LogP) is 3.13. The molecule has 0 bridgehead atoms. The van der Waals surface area contributed by atoms with E-state index in [1.165, 1.54) is 11.3 Å². The minimum atomic E-state index is -0.314. The molecule has 0 atom stereocenters. The number of carbonyl (C=O) groups is 2. The number of nitrogens with zero attached hydrogens (tertiary/aromatic N) is 4. The molecule has 2 aromatic rings. The van der Waals surface area contributed by atoms with Crippen molar-refractivity contribution in [3.63, 3.8) is 0 Å². The number of para-hydroxylation sites is 1. The number of thiazole rings is 1. The van der Waals surface area contributed by atoms with Gasteiger partial charge in [-0.3, -0.25) is 4.79 Å². The van der Waals surface area contributed by atoms with Crippen molar-refractivity contribution in [1.29, 1.82) is 0 Å². The van der Waals surface area contributed by atoms with Crippen LogP contribution in [0.15, 0.2) is 30.3 Å². The Bertz CT molecular complexity index is 801. The van der Waals surface area contributed by atoms with Gasteiger partial charge in [0.05, 0.1) is 12.3 Å². The van der Waals surface area contributed by atoms with E-state index in [1.807, 2.05) is 49.2 Å². The number of aromatic nitrogens is 1. The number of ether oxygens (including phenoxy) is 1. The molecule has 0 radical (unpaired) electrons. The zero-order valence-corrected chi connectivity index (χ0v) is 16.7. The first-order valence-electron chi connectivity index (χ1n) is 8.98. The monoisotopic (exact) mass is 388 g/mol. The summed E-state index contributed by atoms with van der Waals surface area (Å²) in [5, 5.41) is 0.784. The first kappa shape index (κ1) is 19.2. The van der Waals surface area contributed by atoms with Crippen molar-refractivity contribution < 1.29 is 14.3 Å². The van der Waals surface area contributed by atoms with E-state index in [9.17, 15) is 9.59 Å². The molecule has 1 aliphatic heterocycles. The lowest BCUT2D eigenvalue weighted by Gasteiger charge is -2.33. The molecule has 1 fully saturated rings. The van der Waals surface area contributed by atoms with E-state index < -0.39 is 0 Å². The topological polar surface area (TPSA) is 66.0 Å². The van der Waals surface area contributed by atoms with Crippen LogP contribution in [0.5, 0.6) is 0 Å². The van der Waals surface area contributed by atoms with Crippen LogP contribution < -0.4 is 4.90 Å². The molecule has 0 unspecified atom stereocenters. The molecule has 2 amide bonds. The molecule has 0 aliphatic carbocycles. The minimum Gasteiger partial charge on any atom is -0.450 e. The van der Waals surface area contributed by atoms with Gasteiger partial charge in [0.1, 0.15) is 4.88 Å². The summed E-state index contributed by atoms with van der Waals surface area (Å²) in [5.41, 5.74) is 1.75. The van der Waals surface area contributed by atoms with Gasteiger partial charge in [-0.2, -0.15) is 0 Å². The Morgan fingerprint density at radius 2 is 1.78 bits per heavy atom. The van der Waals surface area contributed by atoms with Crippen LogP contribution in [0.4, 0.5) is 15.6 Å². The van der Waals surface area contributed by atoms with E-state index in [2.05, 4.69) is 4.98 Å². The fourth-order valence-corrected chi connectivity index (χ4v) is 3.95. The van der Waals surface area contributed by atoms with Crippen molar-refractivity contribution in [3.8, 4) is 0 Å². The predicted molar refractivity (Wildman–Crippen MR) is 106 cm³/mol. The van der Waals surface area contributed by atoms with Gasteiger partial charge in [0, 0.05) is 38.9 Å². The summed E-state index contributed by atoms with van der Waals surface area (Å²) in [5.74, 6) is -0.0266. The van der Waals surface area contributed by atoms with Crippen molar-refractivity contribution in [3.05, 3.63) is 40.9 Å². The lowest BCUT2D eigenvalue weighted by atomic mass is 10.3. The Kier molecular flexibility index (Phi) is 5.95. The fraction of sp³-hybridized carbons (Fsp3) is 0.421. The van der Waals surface area contributed by atoms with E-state index in [-0.39, 0.29) is 12.0 Å². The molecule has 0 saturated carbocycles. The number of benzene rings is 1. The van der Waals surface area contributed by atoms with Crippen molar-refractivity contribution in [1.82, 2.24) is 14.8 Å². The quantitative estimate of drug-likeness (QED) is 0.805. The van der Waals surface area contributed by atoms with E-state index in [1.54, 1.807) is 16.7 Å². The molecular weight excluding hydrogens is 364 g/mol. The molecule has 1 aromatic carbocycles. The van der Waals surface area contributed by atoms with Gasteiger partial charge in [0.15, 0.2) is 5.13 Å². The van der Waals surface area contributed by atoms with Gasteiger partial charge < -0.3 is 19.4 Å². The number of aryl methyl sites for hydroxylation is 1. The zero-order chi connectivity index (χ0) is 19.4. The highest BCUT2D eigenvalue weighted by molar-refractivity contribution is 7.17. The maximum Gasteiger partial charge on any atom is 0.409 e. The van der Waals surface area contributed by atoms with Gasteiger partial charge in [-0.05, 0) is 26.0 Å². The number of piperazine rings is 1. The highest BCUT2D eigenvalue weighted by atomic mass is 32.1. The normalized spacial score (nSPS) is 14.2. The molecule has 1 aliphatic rings. The number of hydrogen-bond donors (Lipinski definition) is 0. The van der Waals surface area contributed by atoms with E-state index in [4.69, 9.17) is 4.74 Å². The summed E-state index contributed by atoms with van der Waals surface area (Å²) < 4.78 is 5.02. The molecule has 1 saturated heterocycles. The van der Waals surface area contributed by atoms with Gasteiger partial charge >= 0.3 is 6.09 Å². The van der Waals surface area contributed by atoms with Crippen LogP contribution >= 0.6 is 11.3 Å². The van der Waals surface area contributed by atoms with Crippen LogP contribution in [0.3, 0.4) is 0 Å². The second kappa shape index (κ2) is 8.39. The minimum absolute atomic E-state index is 0.0266. The van der Waals surface area contributed by atoms with Crippen LogP contribution in [0.25, 0.3) is 0 Å². The number of hydrogen-bond acceptors (Lipinski definition) is 6. The third-order valence-electron chi connectivity index (χ3n) is 4.50. The lowest BCUT2D eigenvalue weighted by Crippen LogP contribution is -2.50. The number of amides is 2. The van der Waals surface area contributed by atoms with Crippen LogP contribution in [0.1, 0.15) is 22.3 Å². The lowest BCUT2D eigenvalue weighted by molar-refractivity contribution is 0.0573.